The Morgan fingerprint density at radius 1 is 1.13 bits per heavy atom. The number of fused-ring (bicyclic) bond motifs is 1. The van der Waals surface area contributed by atoms with E-state index in [1.54, 1.807) is 12.3 Å². The summed E-state index contributed by atoms with van der Waals surface area (Å²) in [5, 5.41) is 0. The summed E-state index contributed by atoms with van der Waals surface area (Å²) in [6.45, 7) is 4.42. The molecule has 2 heterocycles. The molecule has 0 bridgehead atoms. The number of esters is 1. The van der Waals surface area contributed by atoms with Gasteiger partial charge in [-0.05, 0) is 43.0 Å². The highest BCUT2D eigenvalue weighted by atomic mass is 19.1. The lowest BCUT2D eigenvalue weighted by Gasteiger charge is -2.21. The molecular weight excluding hydrogens is 481 g/mol. The predicted molar refractivity (Wildman–Crippen MR) is 146 cm³/mol. The molecule has 0 N–H and O–H groups in total. The normalized spacial score (nSPS) is 21.9. The Labute approximate surface area is 222 Å². The number of pyridine rings is 1. The number of aromatic nitrogens is 1. The molecular formula is C32H30FNO4. The molecule has 2 atom stereocenters. The largest absolute Gasteiger partial charge is 0.492 e. The number of allylic oxidation sites excluding steroid dienone is 3. The summed E-state index contributed by atoms with van der Waals surface area (Å²) in [6.07, 6.45) is 6.95. The third-order valence-corrected chi connectivity index (χ3v) is 7.02. The van der Waals surface area contributed by atoms with Crippen molar-refractivity contribution in [1.82, 2.24) is 4.98 Å². The average Bonchev–Trinajstić information content (AvgIpc) is 3.37. The second-order valence-electron chi connectivity index (χ2n) is 9.48. The molecule has 0 unspecified atom stereocenters. The van der Waals surface area contributed by atoms with Gasteiger partial charge in [0, 0.05) is 40.4 Å². The number of nitrogens with zero attached hydrogens (tertiary/aromatic N) is 1. The summed E-state index contributed by atoms with van der Waals surface area (Å²) in [4.78, 5) is 16.3. The zero-order chi connectivity index (χ0) is 26.5. The molecule has 194 valence electrons. The van der Waals surface area contributed by atoms with E-state index >= 15 is 4.39 Å². The Kier molecular flexibility index (Phi) is 7.68. The Bertz CT molecular complexity index is 1400. The first kappa shape index (κ1) is 25.5. The van der Waals surface area contributed by atoms with Crippen molar-refractivity contribution in [2.45, 2.75) is 37.7 Å². The van der Waals surface area contributed by atoms with Crippen LogP contribution < -0.4 is 9.47 Å². The van der Waals surface area contributed by atoms with Gasteiger partial charge < -0.3 is 14.2 Å². The molecule has 0 saturated carbocycles. The summed E-state index contributed by atoms with van der Waals surface area (Å²) in [6, 6.07) is 19.5. The van der Waals surface area contributed by atoms with Crippen molar-refractivity contribution in [3.05, 3.63) is 108 Å². The van der Waals surface area contributed by atoms with Gasteiger partial charge in [-0.25, -0.2) is 4.39 Å². The average molecular weight is 512 g/mol. The molecule has 0 spiro atoms. The number of carbonyl (C=O) groups excluding carboxylic acids is 1. The van der Waals surface area contributed by atoms with Gasteiger partial charge in [0.1, 0.15) is 23.4 Å². The van der Waals surface area contributed by atoms with Gasteiger partial charge in [-0.15, -0.1) is 0 Å². The van der Waals surface area contributed by atoms with Crippen LogP contribution in [0.25, 0.3) is 16.8 Å². The van der Waals surface area contributed by atoms with E-state index in [9.17, 15) is 4.79 Å². The van der Waals surface area contributed by atoms with Crippen LogP contribution >= 0.6 is 0 Å². The number of halogens is 1. The molecule has 1 aliphatic carbocycles. The van der Waals surface area contributed by atoms with E-state index in [1.807, 2.05) is 60.7 Å². The third-order valence-electron chi connectivity index (χ3n) is 7.02. The fourth-order valence-corrected chi connectivity index (χ4v) is 4.96. The molecule has 5 rings (SSSR count). The molecule has 38 heavy (non-hydrogen) atoms. The van der Waals surface area contributed by atoms with Crippen molar-refractivity contribution < 1.29 is 23.4 Å². The number of benzene rings is 2. The van der Waals surface area contributed by atoms with Crippen LogP contribution in [0.1, 0.15) is 42.7 Å². The Balaban J connectivity index is 1.32. The van der Waals surface area contributed by atoms with Crippen LogP contribution in [0.2, 0.25) is 0 Å². The van der Waals surface area contributed by atoms with Crippen LogP contribution in [0, 0.1) is 0 Å². The second-order valence-corrected chi connectivity index (χ2v) is 9.48. The van der Waals surface area contributed by atoms with Crippen LogP contribution in [-0.2, 0) is 9.53 Å². The van der Waals surface area contributed by atoms with E-state index in [1.165, 1.54) is 13.2 Å². The maximum atomic E-state index is 15.2. The lowest BCUT2D eigenvalue weighted by atomic mass is 9.95. The van der Waals surface area contributed by atoms with Crippen molar-refractivity contribution in [3.8, 4) is 22.8 Å². The third kappa shape index (κ3) is 5.54. The van der Waals surface area contributed by atoms with E-state index in [0.717, 1.165) is 40.8 Å². The monoisotopic (exact) mass is 511 g/mol. The predicted octanol–water partition coefficient (Wildman–Crippen LogP) is 7.21. The Hall–Kier alpha value is -4.19. The molecule has 0 fully saturated rings. The van der Waals surface area contributed by atoms with Gasteiger partial charge in [-0.3, -0.25) is 9.78 Å². The van der Waals surface area contributed by atoms with Crippen molar-refractivity contribution in [3.63, 3.8) is 0 Å². The molecule has 6 heteroatoms. The molecule has 3 aromatic rings. The molecule has 1 aromatic heterocycles. The number of rotatable bonds is 6. The lowest BCUT2D eigenvalue weighted by Crippen LogP contribution is -2.19. The zero-order valence-electron chi connectivity index (χ0n) is 21.4. The van der Waals surface area contributed by atoms with Gasteiger partial charge >= 0.3 is 5.97 Å². The summed E-state index contributed by atoms with van der Waals surface area (Å²) in [7, 11) is 1.38. The highest BCUT2D eigenvalue weighted by Crippen LogP contribution is 2.39. The van der Waals surface area contributed by atoms with Crippen molar-refractivity contribution in [2.75, 3.05) is 13.7 Å². The summed E-state index contributed by atoms with van der Waals surface area (Å²) >= 11 is 0. The zero-order valence-corrected chi connectivity index (χ0v) is 21.4. The number of methoxy groups -OCH3 is 1. The molecule has 0 saturated heterocycles. The maximum absolute atomic E-state index is 15.2. The number of ether oxygens (including phenoxy) is 3. The highest BCUT2D eigenvalue weighted by Gasteiger charge is 2.28. The SMILES string of the molecule is C=C1/C(F)=C\C=C(\c2cccnc2-c2ccccc2)CCC[C@H]1Oc1ccc2c(c1)OC[C@H]2CC(=O)OC. The first-order valence-electron chi connectivity index (χ1n) is 12.8. The van der Waals surface area contributed by atoms with Crippen LogP contribution in [0.4, 0.5) is 4.39 Å². The maximum Gasteiger partial charge on any atom is 0.306 e. The quantitative estimate of drug-likeness (QED) is 0.327. The van der Waals surface area contributed by atoms with Crippen LogP contribution in [0.3, 0.4) is 0 Å². The topological polar surface area (TPSA) is 57.7 Å². The van der Waals surface area contributed by atoms with Gasteiger partial charge in [0.15, 0.2) is 0 Å². The second kappa shape index (κ2) is 11.5. The number of carbonyl (C=O) groups is 1. The first-order chi connectivity index (χ1) is 18.5. The van der Waals surface area contributed by atoms with Gasteiger partial charge in [0.05, 0.1) is 25.8 Å². The minimum Gasteiger partial charge on any atom is -0.492 e. The molecule has 2 aliphatic rings. The number of hydrogen-bond donors (Lipinski definition) is 0. The molecule has 1 aliphatic heterocycles. The minimum atomic E-state index is -0.521. The highest BCUT2D eigenvalue weighted by molar-refractivity contribution is 5.79. The van der Waals surface area contributed by atoms with E-state index < -0.39 is 11.9 Å². The van der Waals surface area contributed by atoms with Crippen LogP contribution in [-0.4, -0.2) is 30.8 Å². The molecule has 0 radical (unpaired) electrons. The molecule has 2 aromatic carbocycles. The summed E-state index contributed by atoms with van der Waals surface area (Å²) < 4.78 is 32.1. The fourth-order valence-electron chi connectivity index (χ4n) is 4.96. The van der Waals surface area contributed by atoms with Crippen molar-refractivity contribution in [1.29, 1.82) is 0 Å². The van der Waals surface area contributed by atoms with E-state index in [2.05, 4.69) is 11.6 Å². The lowest BCUT2D eigenvalue weighted by molar-refractivity contribution is -0.141. The molecule has 0 amide bonds. The van der Waals surface area contributed by atoms with E-state index in [0.29, 0.717) is 30.1 Å². The standard InChI is InChI=1S/C32H30FNO4/c1-21-28(33)16-13-22(27-11-7-17-34-32(27)23-8-4-3-5-9-23)10-6-12-29(21)38-25-14-15-26-24(18-31(35)36-2)20-37-30(26)19-25/h3-5,7-9,11,13-17,19,24,29H,1,6,10,12,18,20H2,2H3/b22-13+,28-16+/t24-,29-/m1/s1. The minimum absolute atomic E-state index is 0.0514. The van der Waals surface area contributed by atoms with Gasteiger partial charge in [0.2, 0.25) is 0 Å². The Morgan fingerprint density at radius 2 is 1.97 bits per heavy atom. The van der Waals surface area contributed by atoms with Crippen molar-refractivity contribution in [2.24, 2.45) is 0 Å². The smallest absolute Gasteiger partial charge is 0.306 e. The summed E-state index contributed by atoms with van der Waals surface area (Å²) in [5.41, 5.74) is 5.16. The van der Waals surface area contributed by atoms with Crippen LogP contribution in [0.15, 0.2) is 97.0 Å². The summed E-state index contributed by atoms with van der Waals surface area (Å²) in [5.74, 6) is 0.521. The fraction of sp³-hybridized carbons (Fsp3) is 0.250. The van der Waals surface area contributed by atoms with Gasteiger partial charge in [0.25, 0.3) is 0 Å². The first-order valence-corrected chi connectivity index (χ1v) is 12.8. The molecule has 5 nitrogen and oxygen atoms in total. The Morgan fingerprint density at radius 3 is 2.79 bits per heavy atom. The van der Waals surface area contributed by atoms with E-state index in [-0.39, 0.29) is 18.3 Å². The number of hydrogen-bond acceptors (Lipinski definition) is 5. The van der Waals surface area contributed by atoms with E-state index in [4.69, 9.17) is 14.2 Å². The van der Waals surface area contributed by atoms with Crippen molar-refractivity contribution >= 4 is 11.5 Å². The van der Waals surface area contributed by atoms with Crippen LogP contribution in [0.5, 0.6) is 11.5 Å². The van der Waals surface area contributed by atoms with Gasteiger partial charge in [-0.1, -0.05) is 55.1 Å². The van der Waals surface area contributed by atoms with Gasteiger partial charge in [-0.2, -0.15) is 0 Å².